The van der Waals surface area contributed by atoms with E-state index in [9.17, 15) is 60.0 Å². The number of rotatable bonds is 7. The lowest BCUT2D eigenvalue weighted by atomic mass is 9.33. The molecule has 60 heavy (non-hydrogen) atoms. The summed E-state index contributed by atoms with van der Waals surface area (Å²) in [5.74, 6) is -4.47. The van der Waals surface area contributed by atoms with Crippen molar-refractivity contribution >= 4 is 23.7 Å². The van der Waals surface area contributed by atoms with Gasteiger partial charge in [0.05, 0.1) is 11.5 Å². The molecule has 0 spiro atoms. The zero-order valence-electron chi connectivity index (χ0n) is 35.8. The molecular formula is C42H68N2O16. The molecule has 0 unspecified atom stereocenters. The quantitative estimate of drug-likeness (QED) is 0.164. The van der Waals surface area contributed by atoms with Gasteiger partial charge in [-0.1, -0.05) is 47.1 Å². The van der Waals surface area contributed by atoms with Gasteiger partial charge in [0.2, 0.25) is 0 Å². The van der Waals surface area contributed by atoms with Crippen LogP contribution in [0.1, 0.15) is 106 Å². The van der Waals surface area contributed by atoms with Gasteiger partial charge in [-0.25, -0.2) is 9.59 Å². The van der Waals surface area contributed by atoms with Crippen LogP contribution in [0.25, 0.3) is 0 Å². The van der Waals surface area contributed by atoms with Gasteiger partial charge in [-0.3, -0.25) is 9.59 Å². The Bertz CT molecular complexity index is 1740. The molecule has 14 N–H and O–H groups in total. The Hall–Kier alpha value is -2.62. The van der Waals surface area contributed by atoms with Crippen LogP contribution in [0.2, 0.25) is 0 Å². The summed E-state index contributed by atoms with van der Waals surface area (Å²) in [4.78, 5) is 51.3. The average Bonchev–Trinajstić information content (AvgIpc) is 3.13. The highest BCUT2D eigenvalue weighted by Gasteiger charge is 2.71. The maximum Gasteiger partial charge on any atom is 0.335 e. The Morgan fingerprint density at radius 3 is 1.83 bits per heavy atom. The molecule has 342 valence electrons. The number of aliphatic carboxylic acids is 3. The Labute approximate surface area is 350 Å². The minimum atomic E-state index is -2.05. The molecule has 4 saturated carbocycles. The fourth-order valence-corrected chi connectivity index (χ4v) is 13.4. The van der Waals surface area contributed by atoms with Crippen LogP contribution in [0.5, 0.6) is 0 Å². The predicted molar refractivity (Wildman–Crippen MR) is 209 cm³/mol. The second-order valence-electron chi connectivity index (χ2n) is 20.6. The summed E-state index contributed by atoms with van der Waals surface area (Å²) in [6.45, 7) is 14.8. The Morgan fingerprint density at radius 1 is 0.683 bits per heavy atom. The van der Waals surface area contributed by atoms with E-state index in [1.807, 2.05) is 26.8 Å². The predicted octanol–water partition coefficient (Wildman–Crippen LogP) is 2.57. The largest absolute Gasteiger partial charge is 0.481 e. The number of fused-ring (bicyclic) bond motifs is 7. The lowest BCUT2D eigenvalue weighted by molar-refractivity contribution is -0.371. The van der Waals surface area contributed by atoms with Crippen LogP contribution in [0, 0.1) is 50.2 Å². The van der Waals surface area contributed by atoms with E-state index < -0.39 is 107 Å². The summed E-state index contributed by atoms with van der Waals surface area (Å²) >= 11 is 0. The SMILES string of the molecule is CC1(C)[C@@H](O[C@@H]2O[C@@H](C(=O)O)[C@H](O)[C@@H](O)[C@@H]2O[C@@H]2O[C@H](C(=O)O)[C@@H](O)[C@H](O)[C@H]2O)CC[C@]2(C)[C@H]3C(=O)C=C4[C@@H]5C[C@@](C)(C(=O)O)CC[C@]5(C)CC[C@@]4(C)[C@]3(C)CC[C@@H]12.N.N. The molecule has 7 rings (SSSR count). The zero-order valence-corrected chi connectivity index (χ0v) is 35.8. The maximum absolute atomic E-state index is 14.8. The van der Waals surface area contributed by atoms with Gasteiger partial charge in [0.25, 0.3) is 0 Å². The van der Waals surface area contributed by atoms with E-state index in [0.29, 0.717) is 25.7 Å². The second-order valence-corrected chi connectivity index (χ2v) is 20.6. The summed E-state index contributed by atoms with van der Waals surface area (Å²) in [6.07, 6.45) is -12.2. The number of carbonyl (C=O) groups is 4. The minimum absolute atomic E-state index is 0. The summed E-state index contributed by atoms with van der Waals surface area (Å²) in [7, 11) is 0. The molecule has 6 fully saturated rings. The highest BCUT2D eigenvalue weighted by Crippen LogP contribution is 2.75. The molecule has 0 bridgehead atoms. The molecule has 2 aliphatic heterocycles. The van der Waals surface area contributed by atoms with E-state index >= 15 is 0 Å². The van der Waals surface area contributed by atoms with Gasteiger partial charge in [0.1, 0.15) is 36.6 Å². The standard InChI is InChI=1S/C42H62O16.2H3N/c1-37(2)21-8-11-42(7)31(20(43)16-18-19-17-39(4,36(53)54)13-12-38(19,3)14-15-41(18,42)6)40(21,5)10-9-22(37)55-35-30(26(47)25(46)29(57-35)33(51)52)58-34-27(48)23(44)24(45)28(56-34)32(49)50;;/h16,19,21-31,34-35,44-48H,8-15,17H2,1-7H3,(H,49,50)(H,51,52)(H,53,54);2*1H3/t19-,21-,22-,23-,24-,25+,26+,27+,28-,29+,30-,31+,34-,35+,38+,39-,40-,41+,42+;;/m0../s1. The molecule has 18 nitrogen and oxygen atoms in total. The molecule has 0 aromatic heterocycles. The summed E-state index contributed by atoms with van der Waals surface area (Å²) < 4.78 is 23.4. The van der Waals surface area contributed by atoms with E-state index in [-0.39, 0.29) is 46.7 Å². The van der Waals surface area contributed by atoms with Gasteiger partial charge < -0.3 is 72.1 Å². The van der Waals surface area contributed by atoms with Gasteiger partial charge >= 0.3 is 17.9 Å². The minimum Gasteiger partial charge on any atom is -0.481 e. The van der Waals surface area contributed by atoms with Crippen LogP contribution >= 0.6 is 0 Å². The van der Waals surface area contributed by atoms with Gasteiger partial charge in [-0.2, -0.15) is 0 Å². The number of aliphatic hydroxyl groups is 5. The van der Waals surface area contributed by atoms with Crippen molar-refractivity contribution in [2.24, 2.45) is 50.2 Å². The summed E-state index contributed by atoms with van der Waals surface area (Å²) in [6, 6.07) is 0. The summed E-state index contributed by atoms with van der Waals surface area (Å²) in [5.41, 5.74) is -1.81. The summed E-state index contributed by atoms with van der Waals surface area (Å²) in [5, 5.41) is 83.0. The lowest BCUT2D eigenvalue weighted by Gasteiger charge is -2.70. The van der Waals surface area contributed by atoms with Gasteiger partial charge in [-0.05, 0) is 110 Å². The van der Waals surface area contributed by atoms with Gasteiger partial charge in [-0.15, -0.1) is 0 Å². The number of ketones is 1. The van der Waals surface area contributed by atoms with E-state index in [1.54, 1.807) is 0 Å². The molecule has 2 heterocycles. The highest BCUT2D eigenvalue weighted by molar-refractivity contribution is 5.95. The number of carboxylic acid groups (broad SMARTS) is 3. The van der Waals surface area contributed by atoms with Crippen LogP contribution in [0.15, 0.2) is 11.6 Å². The topological polar surface area (TPSA) is 337 Å². The van der Waals surface area contributed by atoms with Crippen LogP contribution in [0.3, 0.4) is 0 Å². The van der Waals surface area contributed by atoms with Crippen molar-refractivity contribution in [3.05, 3.63) is 11.6 Å². The molecule has 18 heteroatoms. The molecule has 5 aliphatic carbocycles. The first-order valence-corrected chi connectivity index (χ1v) is 20.7. The van der Waals surface area contributed by atoms with Crippen molar-refractivity contribution in [3.63, 3.8) is 0 Å². The van der Waals surface area contributed by atoms with Crippen LogP contribution in [0.4, 0.5) is 0 Å². The Kier molecular flexibility index (Phi) is 12.8. The molecule has 7 aliphatic rings. The third-order valence-electron chi connectivity index (χ3n) is 17.2. The van der Waals surface area contributed by atoms with Gasteiger partial charge in [0, 0.05) is 5.92 Å². The van der Waals surface area contributed by atoms with Crippen molar-refractivity contribution in [1.29, 1.82) is 0 Å². The smallest absolute Gasteiger partial charge is 0.335 e. The first kappa shape index (κ1) is 48.4. The highest BCUT2D eigenvalue weighted by atomic mass is 16.8. The fourth-order valence-electron chi connectivity index (χ4n) is 13.4. The first-order chi connectivity index (χ1) is 26.8. The third-order valence-corrected chi connectivity index (χ3v) is 17.2. The number of allylic oxidation sites excluding steroid dienone is 2. The molecule has 2 saturated heterocycles. The van der Waals surface area contributed by atoms with Gasteiger partial charge in [0.15, 0.2) is 30.6 Å². The Morgan fingerprint density at radius 2 is 1.25 bits per heavy atom. The molecule has 0 aromatic carbocycles. The van der Waals surface area contributed by atoms with E-state index in [2.05, 4.69) is 27.7 Å². The van der Waals surface area contributed by atoms with Crippen molar-refractivity contribution in [2.45, 2.75) is 174 Å². The molecule has 19 atom stereocenters. The first-order valence-electron chi connectivity index (χ1n) is 20.7. The van der Waals surface area contributed by atoms with E-state index in [4.69, 9.17) is 18.9 Å². The van der Waals surface area contributed by atoms with Crippen LogP contribution in [-0.4, -0.2) is 132 Å². The number of hydrogen-bond acceptors (Lipinski definition) is 15. The number of ether oxygens (including phenoxy) is 4. The average molecular weight is 857 g/mol. The van der Waals surface area contributed by atoms with Crippen molar-refractivity contribution in [2.75, 3.05) is 0 Å². The number of carbonyl (C=O) groups excluding carboxylic acids is 1. The monoisotopic (exact) mass is 856 g/mol. The lowest BCUT2D eigenvalue weighted by Crippen LogP contribution is -2.68. The van der Waals surface area contributed by atoms with E-state index in [0.717, 1.165) is 37.7 Å². The molecule has 0 radical (unpaired) electrons. The van der Waals surface area contributed by atoms with Crippen molar-refractivity contribution in [3.8, 4) is 0 Å². The third kappa shape index (κ3) is 6.96. The molecule has 0 aromatic rings. The molecule has 0 amide bonds. The van der Waals surface area contributed by atoms with Crippen LogP contribution < -0.4 is 12.3 Å². The molecular weight excluding hydrogens is 788 g/mol. The van der Waals surface area contributed by atoms with Crippen molar-refractivity contribution in [1.82, 2.24) is 12.3 Å². The Balaban J connectivity index is 0.00000341. The number of aliphatic hydroxyl groups excluding tert-OH is 5. The number of carboxylic acids is 3. The van der Waals surface area contributed by atoms with Crippen LogP contribution in [-0.2, 0) is 38.1 Å². The maximum atomic E-state index is 14.8. The number of hydrogen-bond donors (Lipinski definition) is 10. The van der Waals surface area contributed by atoms with Crippen molar-refractivity contribution < 1.29 is 79.0 Å². The zero-order chi connectivity index (χ0) is 42.9. The van der Waals surface area contributed by atoms with E-state index in [1.165, 1.54) is 0 Å². The fraction of sp³-hybridized carbons (Fsp3) is 0.857. The normalized spacial score (nSPS) is 50.8. The second kappa shape index (κ2) is 15.9.